The molecule has 6 aliphatic rings. The summed E-state index contributed by atoms with van der Waals surface area (Å²) in [5, 5.41) is 22.8. The van der Waals surface area contributed by atoms with E-state index in [9.17, 15) is 15.0 Å². The summed E-state index contributed by atoms with van der Waals surface area (Å²) in [7, 11) is 0. The molecule has 7 bridgehead atoms. The molecule has 4 heteroatoms. The Morgan fingerprint density at radius 1 is 1.31 bits per heavy atom. The predicted octanol–water partition coefficient (Wildman–Crippen LogP) is 2.00. The molecule has 10 atom stereocenters. The minimum atomic E-state index is -0.561. The zero-order chi connectivity index (χ0) is 18.2. The van der Waals surface area contributed by atoms with Crippen LogP contribution < -0.4 is 0 Å². The summed E-state index contributed by atoms with van der Waals surface area (Å²) in [6.45, 7) is 10.9. The van der Waals surface area contributed by atoms with Crippen LogP contribution >= 0.6 is 0 Å². The smallest absolute Gasteiger partial charge is 0.140 e. The van der Waals surface area contributed by atoms with Gasteiger partial charge < -0.3 is 10.2 Å². The van der Waals surface area contributed by atoms with Gasteiger partial charge in [-0.3, -0.25) is 9.69 Å². The van der Waals surface area contributed by atoms with Gasteiger partial charge in [-0.15, -0.1) is 0 Å². The van der Waals surface area contributed by atoms with Crippen molar-refractivity contribution in [3.05, 3.63) is 12.2 Å². The minimum Gasteiger partial charge on any atom is -0.392 e. The number of likely N-dealkylation sites (tertiary alicyclic amines) is 1. The number of aliphatic hydroxyl groups excluding tert-OH is 2. The van der Waals surface area contributed by atoms with Gasteiger partial charge in [0.15, 0.2) is 0 Å². The van der Waals surface area contributed by atoms with Gasteiger partial charge in [0.05, 0.1) is 12.2 Å². The average Bonchev–Trinajstić information content (AvgIpc) is 3.14. The van der Waals surface area contributed by atoms with Gasteiger partial charge in [0.1, 0.15) is 5.78 Å². The first-order valence-corrected chi connectivity index (χ1v) is 10.6. The fourth-order valence-electron chi connectivity index (χ4n) is 9.75. The van der Waals surface area contributed by atoms with Gasteiger partial charge in [0.2, 0.25) is 0 Å². The number of fused-ring (bicyclic) bond motifs is 1. The van der Waals surface area contributed by atoms with E-state index in [1.807, 2.05) is 0 Å². The Hall–Kier alpha value is -0.710. The topological polar surface area (TPSA) is 60.8 Å². The lowest BCUT2D eigenvalue weighted by molar-refractivity contribution is -0.211. The largest absolute Gasteiger partial charge is 0.392 e. The van der Waals surface area contributed by atoms with E-state index < -0.39 is 6.10 Å². The van der Waals surface area contributed by atoms with Crippen LogP contribution in [0.2, 0.25) is 0 Å². The number of carbonyl (C=O) groups is 1. The van der Waals surface area contributed by atoms with Gasteiger partial charge in [-0.1, -0.05) is 20.4 Å². The Balaban J connectivity index is 1.62. The number of hydrogen-bond acceptors (Lipinski definition) is 4. The van der Waals surface area contributed by atoms with E-state index in [1.54, 1.807) is 0 Å². The zero-order valence-corrected chi connectivity index (χ0v) is 15.9. The summed E-state index contributed by atoms with van der Waals surface area (Å²) in [4.78, 5) is 15.6. The van der Waals surface area contributed by atoms with Crippen molar-refractivity contribution in [2.45, 2.75) is 64.2 Å². The summed E-state index contributed by atoms with van der Waals surface area (Å²) in [5.74, 6) is 1.16. The maximum absolute atomic E-state index is 13.0. The molecule has 26 heavy (non-hydrogen) atoms. The molecule has 1 saturated heterocycles. The third-order valence-electron chi connectivity index (χ3n) is 10.4. The third kappa shape index (κ3) is 1.33. The van der Waals surface area contributed by atoms with E-state index in [-0.39, 0.29) is 40.0 Å². The second kappa shape index (κ2) is 4.47. The molecule has 4 nitrogen and oxygen atoms in total. The van der Waals surface area contributed by atoms with Crippen LogP contribution in [0.25, 0.3) is 0 Å². The maximum Gasteiger partial charge on any atom is 0.140 e. The lowest BCUT2D eigenvalue weighted by Gasteiger charge is -2.65. The number of aliphatic hydroxyl groups is 2. The van der Waals surface area contributed by atoms with Crippen LogP contribution in [-0.2, 0) is 4.79 Å². The second-order valence-electron chi connectivity index (χ2n) is 10.7. The minimum absolute atomic E-state index is 0.130. The highest BCUT2D eigenvalue weighted by atomic mass is 16.3. The monoisotopic (exact) mass is 357 g/mol. The second-order valence-corrected chi connectivity index (χ2v) is 10.7. The van der Waals surface area contributed by atoms with Crippen LogP contribution in [0, 0.1) is 39.9 Å². The lowest BCUT2D eigenvalue weighted by Crippen LogP contribution is -2.68. The molecular formula is C22H31NO3. The molecule has 5 aliphatic carbocycles. The highest BCUT2D eigenvalue weighted by molar-refractivity contribution is 5.87. The maximum atomic E-state index is 13.0. The first-order valence-electron chi connectivity index (χ1n) is 10.6. The van der Waals surface area contributed by atoms with Crippen molar-refractivity contribution in [3.63, 3.8) is 0 Å². The Labute approximate surface area is 155 Å². The molecule has 0 unspecified atom stereocenters. The van der Waals surface area contributed by atoms with Crippen LogP contribution in [0.4, 0.5) is 0 Å². The van der Waals surface area contributed by atoms with Crippen LogP contribution in [0.15, 0.2) is 12.2 Å². The number of ketones is 1. The van der Waals surface area contributed by atoms with E-state index in [4.69, 9.17) is 0 Å². The summed E-state index contributed by atoms with van der Waals surface area (Å²) in [6.07, 6.45) is 3.50. The average molecular weight is 357 g/mol. The van der Waals surface area contributed by atoms with Crippen molar-refractivity contribution in [1.82, 2.24) is 4.90 Å². The van der Waals surface area contributed by atoms with Crippen molar-refractivity contribution >= 4 is 5.78 Å². The lowest BCUT2D eigenvalue weighted by atomic mass is 9.43. The quantitative estimate of drug-likeness (QED) is 0.705. The Morgan fingerprint density at radius 2 is 2.08 bits per heavy atom. The predicted molar refractivity (Wildman–Crippen MR) is 97.2 cm³/mol. The summed E-state index contributed by atoms with van der Waals surface area (Å²) in [6, 6.07) is 0.331. The molecule has 0 aromatic rings. The fraction of sp³-hybridized carbons (Fsp3) is 0.864. The van der Waals surface area contributed by atoms with Crippen LogP contribution in [0.1, 0.15) is 46.0 Å². The van der Waals surface area contributed by atoms with Gasteiger partial charge in [-0.05, 0) is 61.0 Å². The fourth-order valence-corrected chi connectivity index (χ4v) is 9.75. The molecule has 0 radical (unpaired) electrons. The molecule has 2 spiro atoms. The van der Waals surface area contributed by atoms with Crippen molar-refractivity contribution in [3.8, 4) is 0 Å². The molecule has 1 aliphatic heterocycles. The van der Waals surface area contributed by atoms with Crippen LogP contribution in [0.3, 0.4) is 0 Å². The highest BCUT2D eigenvalue weighted by Crippen LogP contribution is 2.83. The molecule has 0 aromatic carbocycles. The molecule has 0 aromatic heterocycles. The van der Waals surface area contributed by atoms with Gasteiger partial charge >= 0.3 is 0 Å². The van der Waals surface area contributed by atoms with Crippen molar-refractivity contribution < 1.29 is 15.0 Å². The summed E-state index contributed by atoms with van der Waals surface area (Å²) >= 11 is 0. The van der Waals surface area contributed by atoms with E-state index in [0.717, 1.165) is 44.3 Å². The molecule has 142 valence electrons. The standard InChI is InChI=1S/C22H31NO3/c1-4-23-10-20(3)6-5-17(25)22-15(20)7-13(18(22)23)21-9-12(11(2)19(21)26)14(24)8-16(21)22/h12-13,15-19,25-26H,2,4-10H2,1,3H3/t12-,13+,15-,16-,17-,18-,19+,20-,21-,22+/m0/s1. The van der Waals surface area contributed by atoms with Crippen molar-refractivity contribution in [1.29, 1.82) is 0 Å². The number of rotatable bonds is 1. The molecule has 2 N–H and O–H groups in total. The number of hydrogen-bond donors (Lipinski definition) is 2. The van der Waals surface area contributed by atoms with E-state index in [2.05, 4.69) is 25.3 Å². The van der Waals surface area contributed by atoms with Crippen molar-refractivity contribution in [2.24, 2.45) is 39.9 Å². The number of nitrogens with zero attached hydrogens (tertiary/aromatic N) is 1. The Kier molecular flexibility index (Phi) is 2.80. The Morgan fingerprint density at radius 3 is 2.81 bits per heavy atom. The van der Waals surface area contributed by atoms with Crippen LogP contribution in [-0.4, -0.2) is 52.2 Å². The summed E-state index contributed by atoms with van der Waals surface area (Å²) < 4.78 is 0. The normalized spacial score (nSPS) is 62.7. The third-order valence-corrected chi connectivity index (χ3v) is 10.4. The summed E-state index contributed by atoms with van der Waals surface area (Å²) in [5.41, 5.74) is 0.598. The molecule has 0 amide bonds. The molecule has 1 heterocycles. The molecular weight excluding hydrogens is 326 g/mol. The number of Topliss-reactive ketones (excluding diaryl/α,β-unsaturated/α-hetero) is 1. The molecule has 6 fully saturated rings. The molecule has 6 rings (SSSR count). The highest BCUT2D eigenvalue weighted by Gasteiger charge is 2.85. The zero-order valence-electron chi connectivity index (χ0n) is 15.9. The first-order chi connectivity index (χ1) is 12.3. The van der Waals surface area contributed by atoms with Crippen LogP contribution in [0.5, 0.6) is 0 Å². The van der Waals surface area contributed by atoms with E-state index >= 15 is 0 Å². The first kappa shape index (κ1) is 16.3. The van der Waals surface area contributed by atoms with Crippen molar-refractivity contribution in [2.75, 3.05) is 13.1 Å². The van der Waals surface area contributed by atoms with E-state index in [0.29, 0.717) is 24.3 Å². The number of carbonyl (C=O) groups excluding carboxylic acids is 1. The van der Waals surface area contributed by atoms with Gasteiger partial charge in [-0.2, -0.15) is 0 Å². The SMILES string of the molecule is C=C1[C@@H]2C[C@]3([C@@H]1O)[C@@H]1C[C@H]4[C@@]5(C)CC[C@H](O)[C@]4([C@H]1N(CC)C5)[C@H]3CC2=O. The van der Waals surface area contributed by atoms with Gasteiger partial charge in [0, 0.05) is 35.8 Å². The van der Waals surface area contributed by atoms with Gasteiger partial charge in [0.25, 0.3) is 0 Å². The van der Waals surface area contributed by atoms with E-state index in [1.165, 1.54) is 0 Å². The van der Waals surface area contributed by atoms with Gasteiger partial charge in [-0.25, -0.2) is 0 Å². The molecule has 5 saturated carbocycles. The Bertz CT molecular complexity index is 735. The number of piperidine rings is 1.